The summed E-state index contributed by atoms with van der Waals surface area (Å²) in [5.41, 5.74) is 0. The zero-order valence-electron chi connectivity index (χ0n) is 8.69. The summed E-state index contributed by atoms with van der Waals surface area (Å²) in [5, 5.41) is 14.8. The third-order valence-electron chi connectivity index (χ3n) is 1.85. The van der Waals surface area contributed by atoms with Crippen LogP contribution < -0.4 is 16.0 Å². The van der Waals surface area contributed by atoms with Gasteiger partial charge in [0, 0.05) is 5.75 Å². The van der Waals surface area contributed by atoms with Gasteiger partial charge in [0.25, 0.3) is 5.24 Å². The molecule has 1 rings (SSSR count). The third-order valence-corrected chi connectivity index (χ3v) is 2.73. The predicted molar refractivity (Wildman–Crippen MR) is 58.4 cm³/mol. The second-order valence-corrected chi connectivity index (χ2v) is 4.18. The van der Waals surface area contributed by atoms with Crippen molar-refractivity contribution in [1.82, 2.24) is 16.0 Å². The first-order chi connectivity index (χ1) is 7.99. The van der Waals surface area contributed by atoms with Gasteiger partial charge in [-0.1, -0.05) is 11.8 Å². The Morgan fingerprint density at radius 3 is 2.59 bits per heavy atom. The van der Waals surface area contributed by atoms with Gasteiger partial charge in [0.2, 0.25) is 11.8 Å². The van der Waals surface area contributed by atoms with Crippen LogP contribution in [0.15, 0.2) is 0 Å². The lowest BCUT2D eigenvalue weighted by atomic mass is 10.3. The Balaban J connectivity index is 2.21. The average Bonchev–Trinajstić information content (AvgIpc) is 2.70. The molecule has 1 atom stereocenters. The highest BCUT2D eigenvalue weighted by Gasteiger charge is 2.27. The van der Waals surface area contributed by atoms with Gasteiger partial charge in [-0.15, -0.1) is 0 Å². The number of nitrogens with one attached hydrogen (secondary N) is 3. The maximum absolute atomic E-state index is 11.4. The molecule has 1 aliphatic rings. The molecule has 1 aliphatic heterocycles. The van der Waals surface area contributed by atoms with Gasteiger partial charge in [0.05, 0.1) is 6.54 Å². The second-order valence-electron chi connectivity index (χ2n) is 3.18. The highest BCUT2D eigenvalue weighted by atomic mass is 32.2. The van der Waals surface area contributed by atoms with Crippen LogP contribution in [0.2, 0.25) is 0 Å². The van der Waals surface area contributed by atoms with E-state index in [-0.39, 0.29) is 11.8 Å². The standard InChI is InChI=1S/C8H11N3O5S/c12-5(9-2-6(13)14)1-10-7(15)4-3-17-8(16)11-4/h4H,1-3H2,(H,9,12)(H,10,15)(H,11,16)(H,13,14). The van der Waals surface area contributed by atoms with E-state index in [1.54, 1.807) is 0 Å². The van der Waals surface area contributed by atoms with Gasteiger partial charge in [-0.2, -0.15) is 0 Å². The molecule has 4 N–H and O–H groups in total. The van der Waals surface area contributed by atoms with E-state index < -0.39 is 30.4 Å². The van der Waals surface area contributed by atoms with Crippen molar-refractivity contribution in [2.75, 3.05) is 18.8 Å². The van der Waals surface area contributed by atoms with Gasteiger partial charge in [-0.25, -0.2) is 0 Å². The zero-order chi connectivity index (χ0) is 12.8. The fourth-order valence-electron chi connectivity index (χ4n) is 1.05. The summed E-state index contributed by atoms with van der Waals surface area (Å²) in [6.45, 7) is -0.812. The largest absolute Gasteiger partial charge is 0.480 e. The van der Waals surface area contributed by atoms with E-state index in [0.717, 1.165) is 11.8 Å². The fourth-order valence-corrected chi connectivity index (χ4v) is 1.83. The topological polar surface area (TPSA) is 125 Å². The molecular weight excluding hydrogens is 250 g/mol. The average molecular weight is 261 g/mol. The summed E-state index contributed by atoms with van der Waals surface area (Å²) >= 11 is 0.993. The molecule has 1 heterocycles. The molecule has 0 aromatic carbocycles. The van der Waals surface area contributed by atoms with Gasteiger partial charge in [0.1, 0.15) is 12.6 Å². The summed E-state index contributed by atoms with van der Waals surface area (Å²) in [4.78, 5) is 43.4. The maximum Gasteiger partial charge on any atom is 0.322 e. The van der Waals surface area contributed by atoms with E-state index >= 15 is 0 Å². The van der Waals surface area contributed by atoms with Crippen LogP contribution in [-0.4, -0.2) is 53.0 Å². The van der Waals surface area contributed by atoms with Crippen LogP contribution in [0.1, 0.15) is 0 Å². The van der Waals surface area contributed by atoms with Gasteiger partial charge in [-0.05, 0) is 0 Å². The smallest absolute Gasteiger partial charge is 0.322 e. The van der Waals surface area contributed by atoms with E-state index in [1.807, 2.05) is 0 Å². The lowest BCUT2D eigenvalue weighted by Gasteiger charge is -2.09. The number of carbonyl (C=O) groups is 4. The highest BCUT2D eigenvalue weighted by molar-refractivity contribution is 8.14. The number of carboxylic acid groups (broad SMARTS) is 1. The first-order valence-electron chi connectivity index (χ1n) is 4.68. The van der Waals surface area contributed by atoms with Crippen molar-refractivity contribution >= 4 is 34.8 Å². The molecule has 94 valence electrons. The molecule has 1 saturated heterocycles. The quantitative estimate of drug-likeness (QED) is 0.459. The fraction of sp³-hybridized carbons (Fsp3) is 0.500. The Morgan fingerprint density at radius 1 is 1.35 bits per heavy atom. The van der Waals surface area contributed by atoms with Crippen molar-refractivity contribution in [2.24, 2.45) is 0 Å². The Kier molecular flexibility index (Phi) is 4.76. The maximum atomic E-state index is 11.4. The van der Waals surface area contributed by atoms with Crippen molar-refractivity contribution in [2.45, 2.75) is 6.04 Å². The molecule has 3 amide bonds. The van der Waals surface area contributed by atoms with Gasteiger partial charge < -0.3 is 21.1 Å². The molecule has 0 saturated carbocycles. The molecule has 8 nitrogen and oxygen atoms in total. The molecule has 0 aliphatic carbocycles. The number of thioether (sulfide) groups is 1. The summed E-state index contributed by atoms with van der Waals surface area (Å²) < 4.78 is 0. The summed E-state index contributed by atoms with van der Waals surface area (Å²) in [6, 6.07) is -0.639. The summed E-state index contributed by atoms with van der Waals surface area (Å²) in [5.74, 6) is -1.91. The van der Waals surface area contributed by atoms with Gasteiger partial charge in [0.15, 0.2) is 0 Å². The normalized spacial score (nSPS) is 18.4. The van der Waals surface area contributed by atoms with E-state index in [2.05, 4.69) is 16.0 Å². The predicted octanol–water partition coefficient (Wildman–Crippen LogP) is -1.87. The van der Waals surface area contributed by atoms with E-state index in [9.17, 15) is 19.2 Å². The van der Waals surface area contributed by atoms with Crippen LogP contribution in [-0.2, 0) is 14.4 Å². The minimum atomic E-state index is -1.16. The molecule has 0 spiro atoms. The molecule has 17 heavy (non-hydrogen) atoms. The van der Waals surface area contributed by atoms with Crippen molar-refractivity contribution in [3.05, 3.63) is 0 Å². The van der Waals surface area contributed by atoms with Crippen LogP contribution in [0, 0.1) is 0 Å². The number of hydrogen-bond acceptors (Lipinski definition) is 5. The van der Waals surface area contributed by atoms with Crippen LogP contribution in [0.25, 0.3) is 0 Å². The lowest BCUT2D eigenvalue weighted by Crippen LogP contribution is -2.46. The van der Waals surface area contributed by atoms with Crippen LogP contribution in [0.4, 0.5) is 4.79 Å². The monoisotopic (exact) mass is 261 g/mol. The highest BCUT2D eigenvalue weighted by Crippen LogP contribution is 2.12. The first kappa shape index (κ1) is 13.3. The van der Waals surface area contributed by atoms with Crippen LogP contribution in [0.5, 0.6) is 0 Å². The third kappa shape index (κ3) is 4.72. The molecule has 1 unspecified atom stereocenters. The number of aliphatic carboxylic acids is 1. The van der Waals surface area contributed by atoms with E-state index in [1.165, 1.54) is 0 Å². The Bertz CT molecular complexity index is 359. The Morgan fingerprint density at radius 2 is 2.06 bits per heavy atom. The molecule has 0 aromatic heterocycles. The molecule has 9 heteroatoms. The number of hydrogen-bond donors (Lipinski definition) is 4. The van der Waals surface area contributed by atoms with Gasteiger partial charge in [-0.3, -0.25) is 19.2 Å². The number of amides is 3. The molecule has 0 radical (unpaired) electrons. The van der Waals surface area contributed by atoms with E-state index in [4.69, 9.17) is 5.11 Å². The van der Waals surface area contributed by atoms with Gasteiger partial charge >= 0.3 is 5.97 Å². The van der Waals surface area contributed by atoms with Crippen molar-refractivity contribution in [3.8, 4) is 0 Å². The molecular formula is C8H11N3O5S. The van der Waals surface area contributed by atoms with Crippen LogP contribution in [0.3, 0.4) is 0 Å². The number of rotatable bonds is 5. The second kappa shape index (κ2) is 6.09. The lowest BCUT2D eigenvalue weighted by molar-refractivity contribution is -0.137. The summed E-state index contributed by atoms with van der Waals surface area (Å²) in [6.07, 6.45) is 0. The Labute approximate surface area is 101 Å². The molecule has 1 fully saturated rings. The van der Waals surface area contributed by atoms with Crippen molar-refractivity contribution < 1.29 is 24.3 Å². The minimum Gasteiger partial charge on any atom is -0.480 e. The van der Waals surface area contributed by atoms with Crippen molar-refractivity contribution in [1.29, 1.82) is 0 Å². The summed E-state index contributed by atoms with van der Waals surface area (Å²) in [7, 11) is 0. The molecule has 0 bridgehead atoms. The van der Waals surface area contributed by atoms with Crippen molar-refractivity contribution in [3.63, 3.8) is 0 Å². The molecule has 0 aromatic rings. The SMILES string of the molecule is O=C(O)CNC(=O)CNC(=O)C1CSC(=O)N1. The number of carbonyl (C=O) groups excluding carboxylic acids is 3. The number of carboxylic acids is 1. The van der Waals surface area contributed by atoms with Crippen LogP contribution >= 0.6 is 11.8 Å². The zero-order valence-corrected chi connectivity index (χ0v) is 9.50. The van der Waals surface area contributed by atoms with E-state index in [0.29, 0.717) is 5.75 Å². The first-order valence-corrected chi connectivity index (χ1v) is 5.67. The minimum absolute atomic E-state index is 0.277. The Hall–Kier alpha value is -1.77.